The summed E-state index contributed by atoms with van der Waals surface area (Å²) < 4.78 is 58.9. The summed E-state index contributed by atoms with van der Waals surface area (Å²) in [5, 5.41) is 0. The second-order valence-corrected chi connectivity index (χ2v) is 8.85. The van der Waals surface area contributed by atoms with Crippen LogP contribution in [0.3, 0.4) is 0 Å². The molecule has 0 aliphatic carbocycles. The first-order chi connectivity index (χ1) is 17.3. The molecule has 5 nitrogen and oxygen atoms in total. The number of carbonyl (C=O) groups is 2. The molecule has 0 unspecified atom stereocenters. The molecule has 0 saturated heterocycles. The molecule has 0 aromatic heterocycles. The number of rotatable bonds is 5. The molecular weight excluding hydrogens is 473 g/mol. The molecule has 1 aromatic rings. The highest BCUT2D eigenvalue weighted by atomic mass is 19.4. The van der Waals surface area contributed by atoms with Gasteiger partial charge in [-0.3, -0.25) is 4.79 Å². The fraction of sp³-hybridized carbons (Fsp3) is 0.571. The van der Waals surface area contributed by atoms with Crippen LogP contribution in [0.15, 0.2) is 54.6 Å². The molecule has 1 aliphatic rings. The van der Waals surface area contributed by atoms with Crippen molar-refractivity contribution in [3.05, 3.63) is 60.2 Å². The molecule has 0 saturated carbocycles. The minimum Gasteiger partial charge on any atom is -0.458 e. The highest BCUT2D eigenvalue weighted by Crippen LogP contribution is 2.43. The molecule has 200 valence electrons. The van der Waals surface area contributed by atoms with Crippen LogP contribution in [-0.2, 0) is 29.4 Å². The first kappa shape index (κ1) is 29.6. The van der Waals surface area contributed by atoms with Crippen molar-refractivity contribution in [2.24, 2.45) is 0 Å². The van der Waals surface area contributed by atoms with E-state index < -0.39 is 35.9 Å². The van der Waals surface area contributed by atoms with Crippen molar-refractivity contribution in [2.45, 2.75) is 95.1 Å². The molecule has 3 atom stereocenters. The Morgan fingerprint density at radius 1 is 1.00 bits per heavy atom. The lowest BCUT2D eigenvalue weighted by Crippen LogP contribution is -2.53. The van der Waals surface area contributed by atoms with Crippen molar-refractivity contribution >= 4 is 11.9 Å². The van der Waals surface area contributed by atoms with Gasteiger partial charge in [-0.15, -0.1) is 0 Å². The highest BCUT2D eigenvalue weighted by molar-refractivity contribution is 5.83. The third-order valence-corrected chi connectivity index (χ3v) is 6.26. The van der Waals surface area contributed by atoms with E-state index in [1.54, 1.807) is 19.1 Å². The zero-order valence-electron chi connectivity index (χ0n) is 21.1. The third-order valence-electron chi connectivity index (χ3n) is 6.26. The molecule has 0 N–H and O–H groups in total. The quantitative estimate of drug-likeness (QED) is 0.317. The van der Waals surface area contributed by atoms with Crippen LogP contribution in [0.2, 0.25) is 0 Å². The van der Waals surface area contributed by atoms with Crippen LogP contribution >= 0.6 is 0 Å². The van der Waals surface area contributed by atoms with E-state index in [-0.39, 0.29) is 24.8 Å². The minimum atomic E-state index is -5.09. The molecule has 1 aromatic carbocycles. The topological polar surface area (TPSA) is 61.8 Å². The number of esters is 2. The van der Waals surface area contributed by atoms with Gasteiger partial charge < -0.3 is 14.2 Å². The van der Waals surface area contributed by atoms with Crippen molar-refractivity contribution in [3.63, 3.8) is 0 Å². The van der Waals surface area contributed by atoms with E-state index in [1.165, 1.54) is 24.3 Å². The van der Waals surface area contributed by atoms with Gasteiger partial charge in [0.15, 0.2) is 0 Å². The van der Waals surface area contributed by atoms with Crippen molar-refractivity contribution in [1.29, 1.82) is 0 Å². The number of hydrogen-bond donors (Lipinski definition) is 0. The Hall–Kier alpha value is -2.61. The zero-order valence-corrected chi connectivity index (χ0v) is 21.1. The van der Waals surface area contributed by atoms with E-state index in [0.29, 0.717) is 12.8 Å². The fourth-order valence-corrected chi connectivity index (χ4v) is 4.21. The van der Waals surface area contributed by atoms with Gasteiger partial charge >= 0.3 is 18.1 Å². The van der Waals surface area contributed by atoms with Gasteiger partial charge in [-0.05, 0) is 32.1 Å². The van der Waals surface area contributed by atoms with Gasteiger partial charge in [0.05, 0.1) is 0 Å². The van der Waals surface area contributed by atoms with Crippen LogP contribution in [0.4, 0.5) is 13.2 Å². The lowest BCUT2D eigenvalue weighted by molar-refractivity contribution is -0.279. The van der Waals surface area contributed by atoms with Crippen molar-refractivity contribution in [1.82, 2.24) is 0 Å². The largest absolute Gasteiger partial charge is 0.458 e. The van der Waals surface area contributed by atoms with Crippen LogP contribution < -0.4 is 0 Å². The molecule has 0 fully saturated rings. The van der Waals surface area contributed by atoms with Crippen LogP contribution in [0.25, 0.3) is 0 Å². The number of methoxy groups -OCH3 is 1. The monoisotopic (exact) mass is 510 g/mol. The molecule has 0 amide bonds. The number of allylic oxidation sites excluding steroid dienone is 3. The second-order valence-electron chi connectivity index (χ2n) is 8.85. The Morgan fingerprint density at radius 3 is 2.33 bits per heavy atom. The molecule has 0 spiro atoms. The van der Waals surface area contributed by atoms with Crippen LogP contribution in [0.1, 0.15) is 76.7 Å². The average Bonchev–Trinajstić information content (AvgIpc) is 2.85. The van der Waals surface area contributed by atoms with Crippen LogP contribution in [0, 0.1) is 0 Å². The predicted octanol–water partition coefficient (Wildman–Crippen LogP) is 6.96. The van der Waals surface area contributed by atoms with E-state index in [0.717, 1.165) is 39.2 Å². The number of benzene rings is 1. The molecular formula is C28H37F3O5. The molecule has 0 bridgehead atoms. The summed E-state index contributed by atoms with van der Waals surface area (Å²) in [6.07, 6.45) is 7.61. The van der Waals surface area contributed by atoms with Gasteiger partial charge in [-0.25, -0.2) is 4.79 Å². The molecule has 36 heavy (non-hydrogen) atoms. The maximum Gasteiger partial charge on any atom is 0.432 e. The molecule has 8 heteroatoms. The van der Waals surface area contributed by atoms with Gasteiger partial charge in [0, 0.05) is 25.5 Å². The van der Waals surface area contributed by atoms with Crippen LogP contribution in [-0.4, -0.2) is 37.4 Å². The number of hydrogen-bond acceptors (Lipinski definition) is 5. The second kappa shape index (κ2) is 14.8. The molecule has 2 rings (SSSR count). The van der Waals surface area contributed by atoms with Gasteiger partial charge in [0.1, 0.15) is 12.2 Å². The van der Waals surface area contributed by atoms with Crippen LogP contribution in [0.5, 0.6) is 0 Å². The Morgan fingerprint density at radius 2 is 1.67 bits per heavy atom. The Bertz CT molecular complexity index is 866. The smallest absolute Gasteiger partial charge is 0.432 e. The van der Waals surface area contributed by atoms with Crippen molar-refractivity contribution in [3.8, 4) is 0 Å². The summed E-state index contributed by atoms with van der Waals surface area (Å²) in [6.45, 7) is 1.73. The van der Waals surface area contributed by atoms with Gasteiger partial charge in [0.2, 0.25) is 0 Å². The Labute approximate surface area is 211 Å². The first-order valence-corrected chi connectivity index (χ1v) is 12.6. The minimum absolute atomic E-state index is 0.0950. The highest BCUT2D eigenvalue weighted by Gasteiger charge is 2.64. The van der Waals surface area contributed by atoms with E-state index in [2.05, 4.69) is 6.08 Å². The lowest BCUT2D eigenvalue weighted by Gasteiger charge is -2.35. The molecule has 1 aliphatic heterocycles. The first-order valence-electron chi connectivity index (χ1n) is 12.6. The summed E-state index contributed by atoms with van der Waals surface area (Å²) >= 11 is 0. The number of alkyl halides is 3. The predicted molar refractivity (Wildman–Crippen MR) is 131 cm³/mol. The number of cyclic esters (lactones) is 1. The average molecular weight is 511 g/mol. The summed E-state index contributed by atoms with van der Waals surface area (Å²) in [5.41, 5.74) is -3.70. The lowest BCUT2D eigenvalue weighted by atomic mass is 9.92. The summed E-state index contributed by atoms with van der Waals surface area (Å²) in [7, 11) is 0.826. The van der Waals surface area contributed by atoms with E-state index in [4.69, 9.17) is 14.2 Å². The van der Waals surface area contributed by atoms with E-state index in [9.17, 15) is 22.8 Å². The van der Waals surface area contributed by atoms with E-state index in [1.807, 2.05) is 12.2 Å². The Kier molecular flexibility index (Phi) is 12.2. The zero-order chi connectivity index (χ0) is 26.4. The number of carbonyl (C=O) groups excluding carboxylic acids is 2. The maximum absolute atomic E-state index is 14.3. The van der Waals surface area contributed by atoms with Crippen molar-refractivity contribution < 1.29 is 37.0 Å². The maximum atomic E-state index is 14.3. The third kappa shape index (κ3) is 8.22. The fourth-order valence-electron chi connectivity index (χ4n) is 4.21. The molecule has 0 radical (unpaired) electrons. The normalized spacial score (nSPS) is 24.5. The SMILES string of the molecule is CC[C@H]1OC(=O)CCCCCCC/C=C\C/C=C\C[C@@H]1OC(=O)[C@@](OC)(c1ccccc1)C(F)(F)F. The van der Waals surface area contributed by atoms with Gasteiger partial charge in [0.25, 0.3) is 5.60 Å². The number of ether oxygens (including phenoxy) is 3. The van der Waals surface area contributed by atoms with Gasteiger partial charge in [-0.2, -0.15) is 13.2 Å². The standard InChI is InChI=1S/C28H37F3O5/c1-3-23-24(20-16-11-9-7-5-4-6-8-10-12-17-21-25(32)35-23)36-26(33)27(34-2,28(29,30)31)22-18-14-13-15-19-22/h5,7,11,13-16,18-19,23-24H,3-4,6,8-10,12,17,20-21H2,1-2H3/b7-5-,16-11-/t23-,24+,27+/m1/s1. The summed E-state index contributed by atoms with van der Waals surface area (Å²) in [4.78, 5) is 25.7. The molecule has 1 heterocycles. The van der Waals surface area contributed by atoms with E-state index >= 15 is 0 Å². The summed E-state index contributed by atoms with van der Waals surface area (Å²) in [5.74, 6) is -2.04. The number of halogens is 3. The van der Waals surface area contributed by atoms with Crippen molar-refractivity contribution in [2.75, 3.05) is 7.11 Å². The Balaban J connectivity index is 2.33. The summed E-state index contributed by atoms with van der Waals surface area (Å²) in [6, 6.07) is 6.67. The van der Waals surface area contributed by atoms with Gasteiger partial charge in [-0.1, -0.05) is 80.8 Å².